The van der Waals surface area contributed by atoms with Crippen molar-refractivity contribution in [2.45, 2.75) is 264 Å². The molecule has 6 nitrogen and oxygen atoms in total. The van der Waals surface area contributed by atoms with Gasteiger partial charge in [-0.3, -0.25) is 14.4 Å². The Balaban J connectivity index is 4.32. The molecule has 0 aliphatic heterocycles. The van der Waals surface area contributed by atoms with Gasteiger partial charge in [-0.2, -0.15) is 0 Å². The Morgan fingerprint density at radius 2 is 0.519 bits per heavy atom. The van der Waals surface area contributed by atoms with Crippen molar-refractivity contribution in [3.63, 3.8) is 0 Å². The molecule has 0 rings (SSSR count). The van der Waals surface area contributed by atoms with Gasteiger partial charge in [-0.25, -0.2) is 0 Å². The average Bonchev–Trinajstić information content (AvgIpc) is 3.14. The number of esters is 3. The molecule has 0 aromatic carbocycles. The SMILES string of the molecule is CCCCCCCCCCCCCCC(=O)OC[C@H](COC(=O)CCCCCCCCCCCCC)OC(=O)CCCCCCCCCCCCC. The number of carbonyl (C=O) groups excluding carboxylic acids is 3. The average molecular weight is 737 g/mol. The van der Waals surface area contributed by atoms with Crippen LogP contribution in [0.2, 0.25) is 0 Å². The van der Waals surface area contributed by atoms with Crippen LogP contribution in [0.5, 0.6) is 0 Å². The lowest BCUT2D eigenvalue weighted by molar-refractivity contribution is -0.167. The molecule has 0 N–H and O–H groups in total. The Morgan fingerprint density at radius 3 is 0.769 bits per heavy atom. The molecule has 0 aromatic heterocycles. The summed E-state index contributed by atoms with van der Waals surface area (Å²) in [6.07, 6.45) is 42.2. The summed E-state index contributed by atoms with van der Waals surface area (Å²) in [5, 5.41) is 0. The van der Waals surface area contributed by atoms with E-state index in [-0.39, 0.29) is 31.1 Å². The number of carbonyl (C=O) groups is 3. The fourth-order valence-corrected chi connectivity index (χ4v) is 6.85. The minimum absolute atomic E-state index is 0.0627. The molecule has 0 bridgehead atoms. The van der Waals surface area contributed by atoms with E-state index < -0.39 is 6.10 Å². The van der Waals surface area contributed by atoms with Gasteiger partial charge >= 0.3 is 17.9 Å². The van der Waals surface area contributed by atoms with Gasteiger partial charge in [0.25, 0.3) is 0 Å². The number of ether oxygens (including phenoxy) is 3. The summed E-state index contributed by atoms with van der Waals surface area (Å²) in [5.74, 6) is -0.852. The summed E-state index contributed by atoms with van der Waals surface area (Å²) in [7, 11) is 0. The third-order valence-corrected chi connectivity index (χ3v) is 10.4. The maximum atomic E-state index is 12.7. The second-order valence-corrected chi connectivity index (χ2v) is 15.7. The molecule has 0 saturated carbocycles. The number of unbranched alkanes of at least 4 members (excludes halogenated alkanes) is 31. The van der Waals surface area contributed by atoms with Gasteiger partial charge in [-0.05, 0) is 19.3 Å². The third-order valence-electron chi connectivity index (χ3n) is 10.4. The van der Waals surface area contributed by atoms with E-state index in [4.69, 9.17) is 14.2 Å². The molecule has 0 spiro atoms. The molecule has 0 aliphatic rings. The molecular weight excluding hydrogens is 648 g/mol. The van der Waals surface area contributed by atoms with E-state index in [1.54, 1.807) is 0 Å². The van der Waals surface area contributed by atoms with Crippen LogP contribution in [0.3, 0.4) is 0 Å². The van der Waals surface area contributed by atoms with E-state index in [0.717, 1.165) is 57.8 Å². The predicted molar refractivity (Wildman–Crippen MR) is 220 cm³/mol. The second kappa shape index (κ2) is 42.2. The van der Waals surface area contributed by atoms with Gasteiger partial charge in [0.05, 0.1) is 0 Å². The first-order chi connectivity index (χ1) is 25.5. The quantitative estimate of drug-likeness (QED) is 0.0353. The Labute approximate surface area is 323 Å². The largest absolute Gasteiger partial charge is 0.462 e. The molecule has 0 aromatic rings. The summed E-state index contributed by atoms with van der Waals surface area (Å²) in [5.41, 5.74) is 0. The second-order valence-electron chi connectivity index (χ2n) is 15.7. The summed E-state index contributed by atoms with van der Waals surface area (Å²) in [6, 6.07) is 0. The van der Waals surface area contributed by atoms with Crippen LogP contribution in [0.15, 0.2) is 0 Å². The highest BCUT2D eigenvalue weighted by Gasteiger charge is 2.19. The molecule has 0 amide bonds. The van der Waals surface area contributed by atoms with Gasteiger partial charge in [-0.15, -0.1) is 0 Å². The molecule has 0 unspecified atom stereocenters. The number of rotatable bonds is 42. The van der Waals surface area contributed by atoms with E-state index in [2.05, 4.69) is 20.8 Å². The number of hydrogen-bond donors (Lipinski definition) is 0. The van der Waals surface area contributed by atoms with Crippen LogP contribution in [0.25, 0.3) is 0 Å². The highest BCUT2D eigenvalue weighted by atomic mass is 16.6. The molecular formula is C46H88O6. The van der Waals surface area contributed by atoms with Crippen molar-refractivity contribution in [1.82, 2.24) is 0 Å². The fourth-order valence-electron chi connectivity index (χ4n) is 6.85. The van der Waals surface area contributed by atoms with Crippen LogP contribution in [0.4, 0.5) is 0 Å². The lowest BCUT2D eigenvalue weighted by atomic mass is 10.0. The Kier molecular flexibility index (Phi) is 40.9. The van der Waals surface area contributed by atoms with Crippen LogP contribution in [-0.4, -0.2) is 37.2 Å². The van der Waals surface area contributed by atoms with Gasteiger partial charge in [0.2, 0.25) is 0 Å². The van der Waals surface area contributed by atoms with E-state index in [0.29, 0.717) is 19.3 Å². The van der Waals surface area contributed by atoms with Gasteiger partial charge in [0, 0.05) is 19.3 Å². The first-order valence-electron chi connectivity index (χ1n) is 23.0. The molecule has 0 radical (unpaired) electrons. The van der Waals surface area contributed by atoms with Gasteiger partial charge in [0.1, 0.15) is 13.2 Å². The lowest BCUT2D eigenvalue weighted by Gasteiger charge is -2.18. The van der Waals surface area contributed by atoms with Crippen molar-refractivity contribution in [1.29, 1.82) is 0 Å². The Morgan fingerprint density at radius 1 is 0.308 bits per heavy atom. The fraction of sp³-hybridized carbons (Fsp3) is 0.935. The third kappa shape index (κ3) is 39.6. The Bertz CT molecular complexity index is 768. The van der Waals surface area contributed by atoms with Gasteiger partial charge in [0.15, 0.2) is 6.10 Å². The van der Waals surface area contributed by atoms with Crippen LogP contribution >= 0.6 is 0 Å². The maximum Gasteiger partial charge on any atom is 0.306 e. The minimum atomic E-state index is -0.757. The zero-order valence-corrected chi connectivity index (χ0v) is 35.1. The first kappa shape index (κ1) is 50.4. The molecule has 0 aliphatic carbocycles. The normalized spacial score (nSPS) is 11.8. The van der Waals surface area contributed by atoms with Gasteiger partial charge < -0.3 is 14.2 Å². The molecule has 308 valence electrons. The monoisotopic (exact) mass is 737 g/mol. The topological polar surface area (TPSA) is 78.9 Å². The summed E-state index contributed by atoms with van der Waals surface area (Å²) in [4.78, 5) is 37.7. The summed E-state index contributed by atoms with van der Waals surface area (Å²) < 4.78 is 16.7. The standard InChI is InChI=1S/C46H88O6/c1-4-7-10-13-16-19-22-25-27-30-33-36-39-45(48)51-42-43(52-46(49)40-37-34-31-28-24-21-18-15-12-9-6-3)41-50-44(47)38-35-32-29-26-23-20-17-14-11-8-5-2/h43H,4-42H2,1-3H3/t43-/m0/s1. The lowest BCUT2D eigenvalue weighted by Crippen LogP contribution is -2.30. The molecule has 0 saturated heterocycles. The molecule has 0 fully saturated rings. The van der Waals surface area contributed by atoms with E-state index >= 15 is 0 Å². The molecule has 52 heavy (non-hydrogen) atoms. The minimum Gasteiger partial charge on any atom is -0.462 e. The Hall–Kier alpha value is -1.59. The van der Waals surface area contributed by atoms with Crippen LogP contribution < -0.4 is 0 Å². The highest BCUT2D eigenvalue weighted by molar-refractivity contribution is 5.71. The number of hydrogen-bond acceptors (Lipinski definition) is 6. The summed E-state index contributed by atoms with van der Waals surface area (Å²) in [6.45, 7) is 6.64. The van der Waals surface area contributed by atoms with Crippen molar-refractivity contribution in [2.75, 3.05) is 13.2 Å². The summed E-state index contributed by atoms with van der Waals surface area (Å²) >= 11 is 0. The maximum absolute atomic E-state index is 12.7. The van der Waals surface area contributed by atoms with Crippen molar-refractivity contribution in [3.8, 4) is 0 Å². The van der Waals surface area contributed by atoms with E-state index in [9.17, 15) is 14.4 Å². The van der Waals surface area contributed by atoms with Crippen LogP contribution in [-0.2, 0) is 28.6 Å². The zero-order chi connectivity index (χ0) is 38.0. The highest BCUT2D eigenvalue weighted by Crippen LogP contribution is 2.16. The zero-order valence-electron chi connectivity index (χ0n) is 35.1. The van der Waals surface area contributed by atoms with Gasteiger partial charge in [-0.1, -0.05) is 220 Å². The first-order valence-corrected chi connectivity index (χ1v) is 23.0. The predicted octanol–water partition coefficient (Wildman–Crippen LogP) is 14.5. The van der Waals surface area contributed by atoms with Crippen molar-refractivity contribution >= 4 is 17.9 Å². The van der Waals surface area contributed by atoms with E-state index in [1.807, 2.05) is 0 Å². The van der Waals surface area contributed by atoms with Crippen molar-refractivity contribution < 1.29 is 28.6 Å². The van der Waals surface area contributed by atoms with Crippen molar-refractivity contribution in [3.05, 3.63) is 0 Å². The van der Waals surface area contributed by atoms with E-state index in [1.165, 1.54) is 161 Å². The van der Waals surface area contributed by atoms with Crippen LogP contribution in [0.1, 0.15) is 258 Å². The molecule has 1 atom stereocenters. The van der Waals surface area contributed by atoms with Crippen LogP contribution in [0, 0.1) is 0 Å². The smallest absolute Gasteiger partial charge is 0.306 e. The molecule has 6 heteroatoms. The molecule has 0 heterocycles. The van der Waals surface area contributed by atoms with Crippen molar-refractivity contribution in [2.24, 2.45) is 0 Å².